The van der Waals surface area contributed by atoms with Crippen LogP contribution in [0, 0.1) is 0 Å². The molecule has 2 aromatic rings. The van der Waals surface area contributed by atoms with Crippen molar-refractivity contribution in [3.63, 3.8) is 0 Å². The number of benzene rings is 2. The van der Waals surface area contributed by atoms with Crippen LogP contribution in [0.5, 0.6) is 11.5 Å². The van der Waals surface area contributed by atoms with Crippen LogP contribution in [-0.4, -0.2) is 25.3 Å². The van der Waals surface area contributed by atoms with E-state index < -0.39 is 0 Å². The van der Waals surface area contributed by atoms with E-state index in [4.69, 9.17) is 9.47 Å². The van der Waals surface area contributed by atoms with Gasteiger partial charge in [-0.2, -0.15) is 0 Å². The number of ether oxygens (including phenoxy) is 2. The molecule has 108 valence electrons. The van der Waals surface area contributed by atoms with Crippen LogP contribution in [0.15, 0.2) is 48.5 Å². The minimum absolute atomic E-state index is 0.0731. The number of ketones is 1. The van der Waals surface area contributed by atoms with E-state index in [2.05, 4.69) is 0 Å². The molecular weight excluding hydrogens is 268 g/mol. The van der Waals surface area contributed by atoms with Crippen molar-refractivity contribution in [3.05, 3.63) is 59.7 Å². The molecule has 0 unspecified atom stereocenters. The van der Waals surface area contributed by atoms with Gasteiger partial charge in [-0.1, -0.05) is 12.1 Å². The Hall–Kier alpha value is -2.62. The zero-order chi connectivity index (χ0) is 15.1. The highest BCUT2D eigenvalue weighted by Gasteiger charge is 2.07. The molecule has 2 rings (SSSR count). The molecular formula is C17H16O4. The summed E-state index contributed by atoms with van der Waals surface area (Å²) >= 11 is 0. The standard InChI is InChI=1S/C17H16O4/c1-2-20-15-8-6-14(7-9-15)17(19)12-21-16-5-3-4-13(10-16)11-18/h3-11H,2,12H2,1H3. The summed E-state index contributed by atoms with van der Waals surface area (Å²) in [6.45, 7) is 2.42. The SMILES string of the molecule is CCOc1ccc(C(=O)COc2cccc(C=O)c2)cc1. The van der Waals surface area contributed by atoms with Gasteiger partial charge in [-0.05, 0) is 43.3 Å². The van der Waals surface area contributed by atoms with Gasteiger partial charge in [0.1, 0.15) is 17.8 Å². The number of aldehydes is 1. The molecule has 2 aromatic carbocycles. The Morgan fingerprint density at radius 2 is 1.81 bits per heavy atom. The van der Waals surface area contributed by atoms with Gasteiger partial charge in [-0.15, -0.1) is 0 Å². The molecule has 0 radical (unpaired) electrons. The smallest absolute Gasteiger partial charge is 0.200 e. The average Bonchev–Trinajstić information content (AvgIpc) is 2.54. The lowest BCUT2D eigenvalue weighted by molar-refractivity contribution is 0.0921. The van der Waals surface area contributed by atoms with E-state index in [0.29, 0.717) is 23.5 Å². The Morgan fingerprint density at radius 3 is 2.48 bits per heavy atom. The second kappa shape index (κ2) is 7.24. The molecule has 21 heavy (non-hydrogen) atoms. The third kappa shape index (κ3) is 4.18. The van der Waals surface area contributed by atoms with Crippen molar-refractivity contribution in [1.82, 2.24) is 0 Å². The van der Waals surface area contributed by atoms with Crippen LogP contribution in [0.2, 0.25) is 0 Å². The summed E-state index contributed by atoms with van der Waals surface area (Å²) in [5, 5.41) is 0. The summed E-state index contributed by atoms with van der Waals surface area (Å²) < 4.78 is 10.7. The average molecular weight is 284 g/mol. The Bertz CT molecular complexity index is 617. The first-order valence-electron chi connectivity index (χ1n) is 6.67. The summed E-state index contributed by atoms with van der Waals surface area (Å²) in [5.41, 5.74) is 1.08. The third-order valence-corrected chi connectivity index (χ3v) is 2.85. The maximum atomic E-state index is 12.0. The molecule has 0 aliphatic heterocycles. The van der Waals surface area contributed by atoms with Gasteiger partial charge < -0.3 is 9.47 Å². The zero-order valence-corrected chi connectivity index (χ0v) is 11.7. The summed E-state index contributed by atoms with van der Waals surface area (Å²) in [6, 6.07) is 13.6. The normalized spacial score (nSPS) is 9.95. The molecule has 0 atom stereocenters. The molecule has 0 aromatic heterocycles. The minimum Gasteiger partial charge on any atom is -0.494 e. The van der Waals surface area contributed by atoms with Crippen LogP contribution in [-0.2, 0) is 0 Å². The van der Waals surface area contributed by atoms with Crippen LogP contribution < -0.4 is 9.47 Å². The fraction of sp³-hybridized carbons (Fsp3) is 0.176. The maximum absolute atomic E-state index is 12.0. The number of hydrogen-bond donors (Lipinski definition) is 0. The lowest BCUT2D eigenvalue weighted by Gasteiger charge is -2.07. The molecule has 0 aliphatic rings. The van der Waals surface area contributed by atoms with Crippen molar-refractivity contribution in [2.45, 2.75) is 6.92 Å². The predicted molar refractivity (Wildman–Crippen MR) is 79.3 cm³/mol. The highest BCUT2D eigenvalue weighted by Crippen LogP contribution is 2.15. The lowest BCUT2D eigenvalue weighted by Crippen LogP contribution is -2.11. The summed E-state index contributed by atoms with van der Waals surface area (Å²) in [7, 11) is 0. The van der Waals surface area contributed by atoms with Crippen molar-refractivity contribution in [1.29, 1.82) is 0 Å². The molecule has 0 saturated carbocycles. The number of rotatable bonds is 7. The third-order valence-electron chi connectivity index (χ3n) is 2.85. The molecule has 0 amide bonds. The Balaban J connectivity index is 1.96. The van der Waals surface area contributed by atoms with Crippen molar-refractivity contribution >= 4 is 12.1 Å². The van der Waals surface area contributed by atoms with Crippen molar-refractivity contribution in [2.75, 3.05) is 13.2 Å². The first-order valence-corrected chi connectivity index (χ1v) is 6.67. The van der Waals surface area contributed by atoms with E-state index in [9.17, 15) is 9.59 Å². The fourth-order valence-corrected chi connectivity index (χ4v) is 1.81. The topological polar surface area (TPSA) is 52.6 Å². The van der Waals surface area contributed by atoms with Crippen LogP contribution in [0.4, 0.5) is 0 Å². The van der Waals surface area contributed by atoms with Crippen LogP contribution >= 0.6 is 0 Å². The monoisotopic (exact) mass is 284 g/mol. The van der Waals surface area contributed by atoms with Crippen LogP contribution in [0.3, 0.4) is 0 Å². The zero-order valence-electron chi connectivity index (χ0n) is 11.7. The molecule has 0 fully saturated rings. The number of carbonyl (C=O) groups excluding carboxylic acids is 2. The minimum atomic E-state index is -0.130. The molecule has 0 saturated heterocycles. The fourth-order valence-electron chi connectivity index (χ4n) is 1.81. The summed E-state index contributed by atoms with van der Waals surface area (Å²) in [6.07, 6.45) is 0.737. The van der Waals surface area contributed by atoms with Gasteiger partial charge in [0, 0.05) is 11.1 Å². The van der Waals surface area contributed by atoms with E-state index >= 15 is 0 Å². The highest BCUT2D eigenvalue weighted by atomic mass is 16.5. The summed E-state index contributed by atoms with van der Waals surface area (Å²) in [4.78, 5) is 22.7. The highest BCUT2D eigenvalue weighted by molar-refractivity contribution is 5.97. The predicted octanol–water partition coefficient (Wildman–Crippen LogP) is 3.16. The summed E-state index contributed by atoms with van der Waals surface area (Å²) in [5.74, 6) is 1.10. The molecule has 0 spiro atoms. The van der Waals surface area contributed by atoms with Gasteiger partial charge in [0.15, 0.2) is 12.4 Å². The maximum Gasteiger partial charge on any atom is 0.200 e. The van der Waals surface area contributed by atoms with Gasteiger partial charge in [-0.25, -0.2) is 0 Å². The number of Topliss-reactive ketones (excluding diaryl/α,β-unsaturated/α-hetero) is 1. The Kier molecular flexibility index (Phi) is 5.10. The first kappa shape index (κ1) is 14.8. The van der Waals surface area contributed by atoms with Crippen LogP contribution in [0.1, 0.15) is 27.6 Å². The quantitative estimate of drug-likeness (QED) is 0.579. The van der Waals surface area contributed by atoms with E-state index in [1.54, 1.807) is 48.5 Å². The van der Waals surface area contributed by atoms with Crippen LogP contribution in [0.25, 0.3) is 0 Å². The molecule has 0 heterocycles. The second-order valence-corrected chi connectivity index (χ2v) is 4.36. The Morgan fingerprint density at radius 1 is 1.05 bits per heavy atom. The van der Waals surface area contributed by atoms with Gasteiger partial charge >= 0.3 is 0 Å². The van der Waals surface area contributed by atoms with Gasteiger partial charge in [0.25, 0.3) is 0 Å². The molecule has 4 nitrogen and oxygen atoms in total. The van der Waals surface area contributed by atoms with Gasteiger partial charge in [-0.3, -0.25) is 9.59 Å². The molecule has 0 N–H and O–H groups in total. The van der Waals surface area contributed by atoms with E-state index in [1.807, 2.05) is 6.92 Å². The molecule has 0 bridgehead atoms. The van der Waals surface area contributed by atoms with Gasteiger partial charge in [0.05, 0.1) is 6.61 Å². The van der Waals surface area contributed by atoms with E-state index in [1.165, 1.54) is 0 Å². The first-order chi connectivity index (χ1) is 10.2. The molecule has 4 heteroatoms. The largest absolute Gasteiger partial charge is 0.494 e. The van der Waals surface area contributed by atoms with Crippen molar-refractivity contribution in [3.8, 4) is 11.5 Å². The van der Waals surface area contributed by atoms with Gasteiger partial charge in [0.2, 0.25) is 0 Å². The lowest BCUT2D eigenvalue weighted by atomic mass is 10.1. The number of carbonyl (C=O) groups is 2. The number of hydrogen-bond acceptors (Lipinski definition) is 4. The molecule has 0 aliphatic carbocycles. The van der Waals surface area contributed by atoms with E-state index in [-0.39, 0.29) is 12.4 Å². The van der Waals surface area contributed by atoms with Crippen molar-refractivity contribution in [2.24, 2.45) is 0 Å². The van der Waals surface area contributed by atoms with E-state index in [0.717, 1.165) is 12.0 Å². The van der Waals surface area contributed by atoms with Crippen molar-refractivity contribution < 1.29 is 19.1 Å². The Labute approximate surface area is 123 Å². The second-order valence-electron chi connectivity index (χ2n) is 4.36.